The van der Waals surface area contributed by atoms with Gasteiger partial charge in [-0.1, -0.05) is 13.3 Å². The number of aliphatic hydroxyl groups is 1. The van der Waals surface area contributed by atoms with E-state index in [0.717, 1.165) is 17.9 Å². The zero-order valence-electron chi connectivity index (χ0n) is 11.1. The average Bonchev–Trinajstić information content (AvgIpc) is 2.29. The van der Waals surface area contributed by atoms with Gasteiger partial charge >= 0.3 is 0 Å². The van der Waals surface area contributed by atoms with E-state index in [-0.39, 0.29) is 23.8 Å². The van der Waals surface area contributed by atoms with Gasteiger partial charge in [-0.3, -0.25) is 4.79 Å². The highest BCUT2D eigenvalue weighted by Gasteiger charge is 2.17. The lowest BCUT2D eigenvalue weighted by molar-refractivity contribution is -0.120. The Kier molecular flexibility index (Phi) is 11.3. The molecule has 0 rings (SSSR count). The lowest BCUT2D eigenvalue weighted by Crippen LogP contribution is -2.41. The predicted octanol–water partition coefficient (Wildman–Crippen LogP) is 2.14. The maximum Gasteiger partial charge on any atom is 0.233 e. The molecule has 0 aromatic heterocycles. The summed E-state index contributed by atoms with van der Waals surface area (Å²) in [6, 6.07) is 0.0942. The van der Waals surface area contributed by atoms with Crippen LogP contribution in [0.4, 0.5) is 0 Å². The van der Waals surface area contributed by atoms with Crippen molar-refractivity contribution in [1.82, 2.24) is 5.32 Å². The number of hydrogen-bond acceptors (Lipinski definition) is 4. The standard InChI is InChI=1S/C12H25NO2S2/c1-4-5-8-17-10(2)12(15)13-11(6-7-14)9-16-3/h10-11,14H,4-9H2,1-3H3,(H,13,15)/t10-,11+/m1/s1. The normalized spacial score (nSPS) is 14.4. The minimum atomic E-state index is 0.00426. The summed E-state index contributed by atoms with van der Waals surface area (Å²) in [7, 11) is 0. The van der Waals surface area contributed by atoms with E-state index >= 15 is 0 Å². The number of carbonyl (C=O) groups is 1. The second-order valence-corrected chi connectivity index (χ2v) is 6.40. The third-order valence-corrected chi connectivity index (χ3v) is 4.40. The third kappa shape index (κ3) is 8.80. The van der Waals surface area contributed by atoms with Gasteiger partial charge < -0.3 is 10.4 Å². The molecule has 102 valence electrons. The number of amides is 1. The number of thioether (sulfide) groups is 2. The fourth-order valence-electron chi connectivity index (χ4n) is 1.35. The molecule has 0 radical (unpaired) electrons. The van der Waals surface area contributed by atoms with E-state index in [1.165, 1.54) is 6.42 Å². The Bertz CT molecular complexity index is 197. The van der Waals surface area contributed by atoms with Crippen LogP contribution < -0.4 is 5.32 Å². The van der Waals surface area contributed by atoms with Crippen LogP contribution in [-0.4, -0.2) is 46.7 Å². The predicted molar refractivity (Wildman–Crippen MR) is 78.8 cm³/mol. The zero-order valence-corrected chi connectivity index (χ0v) is 12.7. The average molecular weight is 279 g/mol. The summed E-state index contributed by atoms with van der Waals surface area (Å²) in [6.45, 7) is 4.23. The van der Waals surface area contributed by atoms with Crippen LogP contribution in [0.15, 0.2) is 0 Å². The second kappa shape index (κ2) is 11.2. The topological polar surface area (TPSA) is 49.3 Å². The van der Waals surface area contributed by atoms with Gasteiger partial charge in [-0.2, -0.15) is 11.8 Å². The van der Waals surface area contributed by atoms with Crippen LogP contribution in [0.3, 0.4) is 0 Å². The molecule has 1 amide bonds. The molecule has 17 heavy (non-hydrogen) atoms. The molecule has 0 bridgehead atoms. The van der Waals surface area contributed by atoms with Crippen LogP contribution in [0.5, 0.6) is 0 Å². The molecule has 0 saturated heterocycles. The third-order valence-electron chi connectivity index (χ3n) is 2.43. The highest BCUT2D eigenvalue weighted by atomic mass is 32.2. The minimum Gasteiger partial charge on any atom is -0.396 e. The number of aliphatic hydroxyl groups excluding tert-OH is 1. The Morgan fingerprint density at radius 3 is 2.71 bits per heavy atom. The molecule has 3 nitrogen and oxygen atoms in total. The van der Waals surface area contributed by atoms with E-state index < -0.39 is 0 Å². The molecule has 0 aromatic carbocycles. The van der Waals surface area contributed by atoms with Crippen molar-refractivity contribution in [3.8, 4) is 0 Å². The van der Waals surface area contributed by atoms with E-state index in [4.69, 9.17) is 5.11 Å². The maximum atomic E-state index is 11.9. The van der Waals surface area contributed by atoms with Crippen molar-refractivity contribution in [2.24, 2.45) is 0 Å². The van der Waals surface area contributed by atoms with E-state index in [9.17, 15) is 4.79 Å². The van der Waals surface area contributed by atoms with Gasteiger partial charge in [0.05, 0.1) is 5.25 Å². The molecule has 0 fully saturated rings. The van der Waals surface area contributed by atoms with Crippen LogP contribution in [-0.2, 0) is 4.79 Å². The molecule has 5 heteroatoms. The molecule has 0 aliphatic carbocycles. The van der Waals surface area contributed by atoms with Crippen LogP contribution >= 0.6 is 23.5 Å². The summed E-state index contributed by atoms with van der Waals surface area (Å²) in [4.78, 5) is 11.9. The maximum absolute atomic E-state index is 11.9. The largest absolute Gasteiger partial charge is 0.396 e. The SMILES string of the molecule is CCCCS[C@H](C)C(=O)N[C@@H](CCO)CSC. The molecule has 0 aromatic rings. The van der Waals surface area contributed by atoms with Gasteiger partial charge in [-0.15, -0.1) is 11.8 Å². The molecular weight excluding hydrogens is 254 g/mol. The lowest BCUT2D eigenvalue weighted by atomic mass is 10.2. The lowest BCUT2D eigenvalue weighted by Gasteiger charge is -2.19. The summed E-state index contributed by atoms with van der Waals surface area (Å²) in [5.74, 6) is 2.00. The summed E-state index contributed by atoms with van der Waals surface area (Å²) < 4.78 is 0. The molecule has 0 aliphatic heterocycles. The first kappa shape index (κ1) is 17.1. The van der Waals surface area contributed by atoms with Gasteiger partial charge in [-0.25, -0.2) is 0 Å². The van der Waals surface area contributed by atoms with Crippen LogP contribution in [0.25, 0.3) is 0 Å². The van der Waals surface area contributed by atoms with Crippen LogP contribution in [0, 0.1) is 0 Å². The van der Waals surface area contributed by atoms with Crippen LogP contribution in [0.1, 0.15) is 33.1 Å². The quantitative estimate of drug-likeness (QED) is 0.602. The van der Waals surface area contributed by atoms with Crippen molar-refractivity contribution in [1.29, 1.82) is 0 Å². The monoisotopic (exact) mass is 279 g/mol. The van der Waals surface area contributed by atoms with Gasteiger partial charge in [0.2, 0.25) is 5.91 Å². The summed E-state index contributed by atoms with van der Waals surface area (Å²) in [5.41, 5.74) is 0. The van der Waals surface area contributed by atoms with Crippen molar-refractivity contribution in [3.63, 3.8) is 0 Å². The first-order chi connectivity index (χ1) is 8.15. The van der Waals surface area contributed by atoms with Gasteiger partial charge in [0.15, 0.2) is 0 Å². The van der Waals surface area contributed by atoms with E-state index in [0.29, 0.717) is 6.42 Å². The molecule has 2 N–H and O–H groups in total. The highest BCUT2D eigenvalue weighted by Crippen LogP contribution is 2.13. The van der Waals surface area contributed by atoms with E-state index in [1.807, 2.05) is 13.2 Å². The molecular formula is C12H25NO2S2. The zero-order chi connectivity index (χ0) is 13.1. The molecule has 0 aliphatic rings. The number of rotatable bonds is 10. The Morgan fingerprint density at radius 1 is 1.47 bits per heavy atom. The van der Waals surface area contributed by atoms with Crippen molar-refractivity contribution in [3.05, 3.63) is 0 Å². The van der Waals surface area contributed by atoms with Crippen molar-refractivity contribution in [2.75, 3.05) is 24.4 Å². The molecule has 0 saturated carbocycles. The molecule has 0 spiro atoms. The first-order valence-electron chi connectivity index (χ1n) is 6.17. The van der Waals surface area contributed by atoms with Gasteiger partial charge in [-0.05, 0) is 31.8 Å². The van der Waals surface area contributed by atoms with E-state index in [1.54, 1.807) is 23.5 Å². The fourth-order valence-corrected chi connectivity index (χ4v) is 3.03. The summed E-state index contributed by atoms with van der Waals surface area (Å²) >= 11 is 3.40. The fraction of sp³-hybridized carbons (Fsp3) is 0.917. The Labute approximate surface area is 114 Å². The smallest absolute Gasteiger partial charge is 0.233 e. The van der Waals surface area contributed by atoms with E-state index in [2.05, 4.69) is 12.2 Å². The van der Waals surface area contributed by atoms with Gasteiger partial charge in [0.1, 0.15) is 0 Å². The van der Waals surface area contributed by atoms with Crippen molar-refractivity contribution in [2.45, 2.75) is 44.4 Å². The molecule has 2 atom stereocenters. The Hall–Kier alpha value is 0.130. The minimum absolute atomic E-state index is 0.00426. The van der Waals surface area contributed by atoms with Gasteiger partial charge in [0.25, 0.3) is 0 Å². The first-order valence-corrected chi connectivity index (χ1v) is 8.61. The number of hydrogen-bond donors (Lipinski definition) is 2. The Morgan fingerprint density at radius 2 is 2.18 bits per heavy atom. The van der Waals surface area contributed by atoms with Crippen molar-refractivity contribution >= 4 is 29.4 Å². The van der Waals surface area contributed by atoms with Crippen LogP contribution in [0.2, 0.25) is 0 Å². The number of carbonyl (C=O) groups excluding carboxylic acids is 1. The molecule has 0 heterocycles. The summed E-state index contributed by atoms with van der Waals surface area (Å²) in [5, 5.41) is 11.9. The number of unbranched alkanes of at least 4 members (excludes halogenated alkanes) is 1. The second-order valence-electron chi connectivity index (χ2n) is 4.04. The highest BCUT2D eigenvalue weighted by molar-refractivity contribution is 8.00. The number of nitrogens with one attached hydrogen (secondary N) is 1. The van der Waals surface area contributed by atoms with Crippen molar-refractivity contribution < 1.29 is 9.90 Å². The molecule has 0 unspecified atom stereocenters. The Balaban J connectivity index is 3.92. The summed E-state index contributed by atoms with van der Waals surface area (Å²) in [6.07, 6.45) is 4.98. The van der Waals surface area contributed by atoms with Gasteiger partial charge in [0, 0.05) is 18.4 Å².